The number of anilines is 3. The van der Waals surface area contributed by atoms with Crippen LogP contribution in [0.25, 0.3) is 0 Å². The molecule has 1 aliphatic rings. The van der Waals surface area contributed by atoms with Crippen LogP contribution >= 0.6 is 11.3 Å². The molecule has 0 aliphatic carbocycles. The summed E-state index contributed by atoms with van der Waals surface area (Å²) < 4.78 is 10.4. The number of thiazole rings is 1. The molecule has 0 radical (unpaired) electrons. The van der Waals surface area contributed by atoms with E-state index in [1.807, 2.05) is 6.92 Å². The quantitative estimate of drug-likeness (QED) is 0.468. The van der Waals surface area contributed by atoms with Crippen LogP contribution in [0.15, 0.2) is 30.3 Å². The molecule has 3 N–H and O–H groups in total. The monoisotopic (exact) mass is 483 g/mol. The van der Waals surface area contributed by atoms with E-state index in [1.54, 1.807) is 37.4 Å². The molecule has 34 heavy (non-hydrogen) atoms. The van der Waals surface area contributed by atoms with Gasteiger partial charge >= 0.3 is 12.0 Å². The summed E-state index contributed by atoms with van der Waals surface area (Å²) >= 11 is 1.40. The molecule has 1 aromatic carbocycles. The number of amides is 3. The predicted molar refractivity (Wildman–Crippen MR) is 129 cm³/mol. The van der Waals surface area contributed by atoms with Crippen LogP contribution in [-0.4, -0.2) is 54.2 Å². The summed E-state index contributed by atoms with van der Waals surface area (Å²) in [5.74, 6) is 0.863. The summed E-state index contributed by atoms with van der Waals surface area (Å²) in [6.45, 7) is 3.62. The Morgan fingerprint density at radius 1 is 1.12 bits per heavy atom. The van der Waals surface area contributed by atoms with E-state index in [9.17, 15) is 9.59 Å². The molecule has 0 bridgehead atoms. The number of ether oxygens (including phenoxy) is 2. The molecule has 0 fully saturated rings. The predicted octanol–water partition coefficient (Wildman–Crippen LogP) is 2.91. The molecule has 11 nitrogen and oxygen atoms in total. The van der Waals surface area contributed by atoms with Crippen molar-refractivity contribution in [2.75, 3.05) is 42.8 Å². The van der Waals surface area contributed by atoms with Crippen molar-refractivity contribution in [3.05, 3.63) is 46.5 Å². The van der Waals surface area contributed by atoms with Crippen molar-refractivity contribution >= 4 is 39.9 Å². The van der Waals surface area contributed by atoms with Crippen LogP contribution in [0.3, 0.4) is 0 Å². The molecule has 12 heteroatoms. The Hall–Kier alpha value is -3.93. The molecule has 3 amide bonds. The van der Waals surface area contributed by atoms with E-state index in [4.69, 9.17) is 9.47 Å². The highest BCUT2D eigenvalue weighted by Crippen LogP contribution is 2.31. The van der Waals surface area contributed by atoms with Crippen LogP contribution in [0.4, 0.5) is 21.4 Å². The highest BCUT2D eigenvalue weighted by atomic mass is 32.1. The van der Waals surface area contributed by atoms with E-state index in [-0.39, 0.29) is 11.9 Å². The van der Waals surface area contributed by atoms with Crippen molar-refractivity contribution in [1.82, 2.24) is 20.3 Å². The molecule has 1 aliphatic heterocycles. The molecule has 0 spiro atoms. The first-order valence-corrected chi connectivity index (χ1v) is 11.5. The van der Waals surface area contributed by atoms with Gasteiger partial charge in [0.05, 0.1) is 37.7 Å². The molecule has 0 saturated heterocycles. The second-order valence-electron chi connectivity index (χ2n) is 7.30. The number of hydrogen-bond donors (Lipinski definition) is 3. The van der Waals surface area contributed by atoms with E-state index < -0.39 is 6.03 Å². The van der Waals surface area contributed by atoms with Gasteiger partial charge in [0.1, 0.15) is 5.82 Å². The van der Waals surface area contributed by atoms with Crippen LogP contribution < -0.4 is 30.3 Å². The van der Waals surface area contributed by atoms with Gasteiger partial charge in [0.25, 0.3) is 5.91 Å². The maximum Gasteiger partial charge on any atom is 0.325 e. The second-order valence-corrected chi connectivity index (χ2v) is 8.38. The van der Waals surface area contributed by atoms with Crippen LogP contribution in [0, 0.1) is 0 Å². The summed E-state index contributed by atoms with van der Waals surface area (Å²) in [5.41, 5.74) is 1.75. The van der Waals surface area contributed by atoms with E-state index in [1.165, 1.54) is 18.4 Å². The van der Waals surface area contributed by atoms with Gasteiger partial charge in [-0.25, -0.2) is 9.78 Å². The fourth-order valence-electron chi connectivity index (χ4n) is 3.49. The van der Waals surface area contributed by atoms with Gasteiger partial charge in [0.2, 0.25) is 5.88 Å². The first-order chi connectivity index (χ1) is 16.5. The number of methoxy groups -OCH3 is 2. The van der Waals surface area contributed by atoms with Gasteiger partial charge in [-0.15, -0.1) is 0 Å². The number of aromatic nitrogens is 3. The third kappa shape index (κ3) is 5.17. The highest BCUT2D eigenvalue weighted by molar-refractivity contribution is 7.15. The Bertz CT molecular complexity index is 1180. The Kier molecular flexibility index (Phi) is 7.07. The maximum absolute atomic E-state index is 12.6. The lowest BCUT2D eigenvalue weighted by atomic mass is 10.1. The largest absolute Gasteiger partial charge is 0.481 e. The minimum atomic E-state index is -0.468. The van der Waals surface area contributed by atoms with E-state index in [0.717, 1.165) is 10.6 Å². The van der Waals surface area contributed by atoms with Gasteiger partial charge in [-0.05, 0) is 19.1 Å². The number of nitrogens with zero attached hydrogens (tertiary/aromatic N) is 4. The zero-order chi connectivity index (χ0) is 24.1. The van der Waals surface area contributed by atoms with E-state index in [2.05, 4.69) is 35.8 Å². The van der Waals surface area contributed by atoms with Crippen LogP contribution in [0.2, 0.25) is 0 Å². The minimum absolute atomic E-state index is 0.233. The first-order valence-electron chi connectivity index (χ1n) is 10.7. The number of nitrogens with one attached hydrogen (secondary N) is 3. The lowest BCUT2D eigenvalue weighted by Gasteiger charge is -2.27. The van der Waals surface area contributed by atoms with Gasteiger partial charge < -0.3 is 25.0 Å². The first kappa shape index (κ1) is 23.2. The van der Waals surface area contributed by atoms with Crippen molar-refractivity contribution < 1.29 is 19.1 Å². The van der Waals surface area contributed by atoms with E-state index in [0.29, 0.717) is 54.1 Å². The summed E-state index contributed by atoms with van der Waals surface area (Å²) in [6.07, 6.45) is 0.698. The molecule has 0 unspecified atom stereocenters. The minimum Gasteiger partial charge on any atom is -0.481 e. The molecule has 3 aromatic rings. The number of fused-ring (bicyclic) bond motifs is 1. The van der Waals surface area contributed by atoms with Gasteiger partial charge in [0, 0.05) is 30.5 Å². The number of benzene rings is 1. The number of carbonyl (C=O) groups excluding carboxylic acids is 2. The number of hydrogen-bond acceptors (Lipinski definition) is 9. The number of rotatable bonds is 7. The Morgan fingerprint density at radius 2 is 1.94 bits per heavy atom. The lowest BCUT2D eigenvalue weighted by molar-refractivity contribution is 0.0956. The Labute approximate surface area is 200 Å². The number of carbonyl (C=O) groups is 2. The third-order valence-electron chi connectivity index (χ3n) is 5.09. The molecule has 178 valence electrons. The number of para-hydroxylation sites is 1. The third-order valence-corrected chi connectivity index (χ3v) is 6.09. The van der Waals surface area contributed by atoms with Gasteiger partial charge in [-0.2, -0.15) is 9.97 Å². The molecular formula is C22H25N7O4S. The van der Waals surface area contributed by atoms with Crippen LogP contribution in [0.1, 0.15) is 27.9 Å². The SMILES string of the molecule is CCNC(=O)c1ccccc1NC(=O)Nc1nc2c(s1)CN(c1cc(OC)nc(OC)n1)CC2. The van der Waals surface area contributed by atoms with Gasteiger partial charge in [-0.3, -0.25) is 10.1 Å². The van der Waals surface area contributed by atoms with Crippen molar-refractivity contribution in [2.45, 2.75) is 19.9 Å². The average Bonchev–Trinajstić information content (AvgIpc) is 3.25. The average molecular weight is 484 g/mol. The molecular weight excluding hydrogens is 458 g/mol. The zero-order valence-corrected chi connectivity index (χ0v) is 19.9. The summed E-state index contributed by atoms with van der Waals surface area (Å²) in [6, 6.07) is 8.37. The van der Waals surface area contributed by atoms with Crippen LogP contribution in [0.5, 0.6) is 11.9 Å². The topological polar surface area (TPSA) is 131 Å². The Balaban J connectivity index is 1.44. The fourth-order valence-corrected chi connectivity index (χ4v) is 4.51. The fraction of sp³-hybridized carbons (Fsp3) is 0.318. The van der Waals surface area contributed by atoms with E-state index >= 15 is 0 Å². The maximum atomic E-state index is 12.6. The Morgan fingerprint density at radius 3 is 2.71 bits per heavy atom. The molecule has 0 atom stereocenters. The summed E-state index contributed by atoms with van der Waals surface area (Å²) in [7, 11) is 3.05. The second kappa shape index (κ2) is 10.3. The van der Waals surface area contributed by atoms with Crippen molar-refractivity contribution in [3.8, 4) is 11.9 Å². The molecule has 4 rings (SSSR count). The summed E-state index contributed by atoms with van der Waals surface area (Å²) in [5, 5.41) is 8.74. The zero-order valence-electron chi connectivity index (χ0n) is 19.0. The van der Waals surface area contributed by atoms with Crippen molar-refractivity contribution in [3.63, 3.8) is 0 Å². The molecule has 3 heterocycles. The standard InChI is InChI=1S/C22H25N7O4S/c1-4-23-19(30)13-7-5-6-8-14(13)24-20(31)28-22-25-15-9-10-29(12-16(15)34-22)17-11-18(32-2)27-21(26-17)33-3/h5-8,11H,4,9-10,12H2,1-3H3,(H,23,30)(H2,24,25,28,31). The molecule has 2 aromatic heterocycles. The highest BCUT2D eigenvalue weighted by Gasteiger charge is 2.24. The number of urea groups is 1. The van der Waals surface area contributed by atoms with Gasteiger partial charge in [-0.1, -0.05) is 23.5 Å². The molecule has 0 saturated carbocycles. The normalized spacial score (nSPS) is 12.5. The van der Waals surface area contributed by atoms with Crippen LogP contribution in [-0.2, 0) is 13.0 Å². The van der Waals surface area contributed by atoms with Crippen molar-refractivity contribution in [2.24, 2.45) is 0 Å². The van der Waals surface area contributed by atoms with Gasteiger partial charge in [0.15, 0.2) is 5.13 Å². The smallest absolute Gasteiger partial charge is 0.325 e. The lowest BCUT2D eigenvalue weighted by Crippen LogP contribution is -2.30. The van der Waals surface area contributed by atoms with Crippen molar-refractivity contribution in [1.29, 1.82) is 0 Å². The summed E-state index contributed by atoms with van der Waals surface area (Å²) in [4.78, 5) is 41.1.